The van der Waals surface area contributed by atoms with Crippen LogP contribution in [0.15, 0.2) is 0 Å². The molecule has 0 aliphatic carbocycles. The summed E-state index contributed by atoms with van der Waals surface area (Å²) in [5, 5.41) is 8.80. The summed E-state index contributed by atoms with van der Waals surface area (Å²) in [7, 11) is 0. The minimum Gasteiger partial charge on any atom is -0.481 e. The zero-order valence-electron chi connectivity index (χ0n) is 11.6. The topological polar surface area (TPSA) is 83.6 Å². The first-order chi connectivity index (χ1) is 9.13. The zero-order chi connectivity index (χ0) is 14.1. The maximum atomic E-state index is 12.0. The highest BCUT2D eigenvalue weighted by Crippen LogP contribution is 2.20. The number of hydrogen-bond donors (Lipinski definition) is 2. The molecule has 1 heterocycles. The van der Waals surface area contributed by atoms with Crippen molar-refractivity contribution < 1.29 is 14.7 Å². The van der Waals surface area contributed by atoms with Crippen LogP contribution < -0.4 is 5.73 Å². The second-order valence-electron chi connectivity index (χ2n) is 5.40. The average molecular weight is 270 g/mol. The molecule has 110 valence electrons. The number of carbonyl (C=O) groups excluding carboxylic acids is 1. The molecule has 1 atom stereocenters. The van der Waals surface area contributed by atoms with E-state index in [0.29, 0.717) is 13.0 Å². The average Bonchev–Trinajstić information content (AvgIpc) is 2.38. The summed E-state index contributed by atoms with van der Waals surface area (Å²) in [5.41, 5.74) is 5.42. The Bertz CT molecular complexity index is 294. The Hall–Kier alpha value is -1.10. The van der Waals surface area contributed by atoms with Gasteiger partial charge in [0.05, 0.1) is 0 Å². The van der Waals surface area contributed by atoms with E-state index < -0.39 is 5.97 Å². The molecule has 5 heteroatoms. The molecule has 1 fully saturated rings. The lowest BCUT2D eigenvalue weighted by atomic mass is 9.94. The van der Waals surface area contributed by atoms with E-state index >= 15 is 0 Å². The fraction of sp³-hybridized carbons (Fsp3) is 0.857. The van der Waals surface area contributed by atoms with E-state index in [1.54, 1.807) is 0 Å². The van der Waals surface area contributed by atoms with Crippen LogP contribution in [0.5, 0.6) is 0 Å². The van der Waals surface area contributed by atoms with Crippen LogP contribution in [0.1, 0.15) is 51.4 Å². The molecule has 0 aromatic rings. The Morgan fingerprint density at radius 3 is 2.63 bits per heavy atom. The third kappa shape index (κ3) is 6.57. The summed E-state index contributed by atoms with van der Waals surface area (Å²) >= 11 is 0. The van der Waals surface area contributed by atoms with Crippen molar-refractivity contribution in [2.45, 2.75) is 51.4 Å². The predicted molar refractivity (Wildman–Crippen MR) is 73.7 cm³/mol. The van der Waals surface area contributed by atoms with Crippen molar-refractivity contribution in [1.29, 1.82) is 0 Å². The second kappa shape index (κ2) is 8.91. The maximum Gasteiger partial charge on any atom is 0.303 e. The van der Waals surface area contributed by atoms with Crippen molar-refractivity contribution in [2.24, 2.45) is 11.7 Å². The van der Waals surface area contributed by atoms with Crippen LogP contribution in [0.2, 0.25) is 0 Å². The summed E-state index contributed by atoms with van der Waals surface area (Å²) in [6.45, 7) is 2.13. The van der Waals surface area contributed by atoms with Crippen molar-refractivity contribution in [3.8, 4) is 0 Å². The number of hydrogen-bond acceptors (Lipinski definition) is 3. The van der Waals surface area contributed by atoms with E-state index in [9.17, 15) is 9.59 Å². The van der Waals surface area contributed by atoms with Gasteiger partial charge >= 0.3 is 5.97 Å². The van der Waals surface area contributed by atoms with Gasteiger partial charge in [0.2, 0.25) is 5.91 Å². The standard InChI is InChI=1S/C14H26N2O3/c15-8-4-2-1-3-7-13(17)16-9-5-6-12(11-16)10-14(18)19/h12H,1-11,15H2,(H,18,19). The normalized spacial score (nSPS) is 19.4. The number of piperidine rings is 1. The van der Waals surface area contributed by atoms with Crippen molar-refractivity contribution >= 4 is 11.9 Å². The monoisotopic (exact) mass is 270 g/mol. The number of amides is 1. The number of unbranched alkanes of at least 4 members (excludes halogenated alkanes) is 3. The number of likely N-dealkylation sites (tertiary alicyclic amines) is 1. The third-order valence-corrected chi connectivity index (χ3v) is 3.68. The molecule has 0 bridgehead atoms. The van der Waals surface area contributed by atoms with Gasteiger partial charge < -0.3 is 15.7 Å². The van der Waals surface area contributed by atoms with Gasteiger partial charge in [0, 0.05) is 25.9 Å². The van der Waals surface area contributed by atoms with E-state index in [4.69, 9.17) is 10.8 Å². The van der Waals surface area contributed by atoms with Crippen molar-refractivity contribution in [3.05, 3.63) is 0 Å². The maximum absolute atomic E-state index is 12.0. The van der Waals surface area contributed by atoms with Gasteiger partial charge in [-0.25, -0.2) is 0 Å². The number of nitrogens with zero attached hydrogens (tertiary/aromatic N) is 1. The lowest BCUT2D eigenvalue weighted by molar-refractivity contribution is -0.140. The van der Waals surface area contributed by atoms with Crippen LogP contribution in [0.3, 0.4) is 0 Å². The summed E-state index contributed by atoms with van der Waals surface area (Å²) in [6, 6.07) is 0. The molecule has 1 saturated heterocycles. The van der Waals surface area contributed by atoms with E-state index in [2.05, 4.69) is 0 Å². The van der Waals surface area contributed by atoms with Gasteiger partial charge in [0.15, 0.2) is 0 Å². The third-order valence-electron chi connectivity index (χ3n) is 3.68. The first-order valence-electron chi connectivity index (χ1n) is 7.33. The Morgan fingerprint density at radius 2 is 1.95 bits per heavy atom. The first-order valence-corrected chi connectivity index (χ1v) is 7.33. The Balaban J connectivity index is 2.22. The molecule has 1 amide bonds. The molecule has 0 radical (unpaired) electrons. The molecule has 0 aromatic carbocycles. The van der Waals surface area contributed by atoms with Crippen LogP contribution >= 0.6 is 0 Å². The summed E-state index contributed by atoms with van der Waals surface area (Å²) < 4.78 is 0. The molecule has 0 aromatic heterocycles. The lowest BCUT2D eigenvalue weighted by Gasteiger charge is -2.32. The highest BCUT2D eigenvalue weighted by molar-refractivity contribution is 5.76. The molecule has 1 unspecified atom stereocenters. The summed E-state index contributed by atoms with van der Waals surface area (Å²) in [6.07, 6.45) is 6.70. The highest BCUT2D eigenvalue weighted by atomic mass is 16.4. The van der Waals surface area contributed by atoms with Crippen LogP contribution in [0.4, 0.5) is 0 Å². The number of carboxylic acids is 1. The first kappa shape index (κ1) is 16.0. The number of rotatable bonds is 8. The van der Waals surface area contributed by atoms with E-state index in [-0.39, 0.29) is 18.2 Å². The molecule has 19 heavy (non-hydrogen) atoms. The minimum atomic E-state index is -0.763. The Kier molecular flexibility index (Phi) is 7.48. The van der Waals surface area contributed by atoms with Gasteiger partial charge in [0.25, 0.3) is 0 Å². The number of aliphatic carboxylic acids is 1. The van der Waals surface area contributed by atoms with Gasteiger partial charge in [-0.2, -0.15) is 0 Å². The summed E-state index contributed by atoms with van der Waals surface area (Å²) in [5.74, 6) is -0.448. The lowest BCUT2D eigenvalue weighted by Crippen LogP contribution is -2.40. The van der Waals surface area contributed by atoms with E-state index in [0.717, 1.165) is 51.6 Å². The number of carboxylic acid groups (broad SMARTS) is 1. The Labute approximate surface area is 115 Å². The van der Waals surface area contributed by atoms with Gasteiger partial charge in [-0.3, -0.25) is 9.59 Å². The molecule has 5 nitrogen and oxygen atoms in total. The predicted octanol–water partition coefficient (Wildman–Crippen LogP) is 1.61. The van der Waals surface area contributed by atoms with E-state index in [1.165, 1.54) is 0 Å². The highest BCUT2D eigenvalue weighted by Gasteiger charge is 2.24. The van der Waals surface area contributed by atoms with Gasteiger partial charge in [-0.1, -0.05) is 12.8 Å². The number of carbonyl (C=O) groups is 2. The smallest absolute Gasteiger partial charge is 0.303 e. The fourth-order valence-corrected chi connectivity index (χ4v) is 2.64. The van der Waals surface area contributed by atoms with Gasteiger partial charge in [-0.05, 0) is 38.1 Å². The molecule has 0 saturated carbocycles. The molecule has 1 aliphatic heterocycles. The molecule has 3 N–H and O–H groups in total. The van der Waals surface area contributed by atoms with Crippen molar-refractivity contribution in [1.82, 2.24) is 4.90 Å². The van der Waals surface area contributed by atoms with Gasteiger partial charge in [-0.15, -0.1) is 0 Å². The fourth-order valence-electron chi connectivity index (χ4n) is 2.64. The van der Waals surface area contributed by atoms with Crippen LogP contribution in [0.25, 0.3) is 0 Å². The van der Waals surface area contributed by atoms with Crippen molar-refractivity contribution in [2.75, 3.05) is 19.6 Å². The second-order valence-corrected chi connectivity index (χ2v) is 5.40. The van der Waals surface area contributed by atoms with Crippen molar-refractivity contribution in [3.63, 3.8) is 0 Å². The SMILES string of the molecule is NCCCCCCC(=O)N1CCCC(CC(=O)O)C1. The van der Waals surface area contributed by atoms with Crippen LogP contribution in [-0.4, -0.2) is 41.5 Å². The van der Waals surface area contributed by atoms with Crippen LogP contribution in [-0.2, 0) is 9.59 Å². The largest absolute Gasteiger partial charge is 0.481 e. The Morgan fingerprint density at radius 1 is 1.21 bits per heavy atom. The quantitative estimate of drug-likeness (QED) is 0.656. The molecule has 1 aliphatic rings. The zero-order valence-corrected chi connectivity index (χ0v) is 11.6. The van der Waals surface area contributed by atoms with Gasteiger partial charge in [0.1, 0.15) is 0 Å². The molecular weight excluding hydrogens is 244 g/mol. The molecule has 1 rings (SSSR count). The minimum absolute atomic E-state index is 0.132. The van der Waals surface area contributed by atoms with Crippen LogP contribution in [0, 0.1) is 5.92 Å². The molecular formula is C14H26N2O3. The number of nitrogens with two attached hydrogens (primary N) is 1. The molecule has 0 spiro atoms. The van der Waals surface area contributed by atoms with E-state index in [1.807, 2.05) is 4.90 Å². The summed E-state index contributed by atoms with van der Waals surface area (Å²) in [4.78, 5) is 24.6.